The van der Waals surface area contributed by atoms with Crippen LogP contribution in [0.15, 0.2) is 30.5 Å². The fourth-order valence-corrected chi connectivity index (χ4v) is 2.26. The topological polar surface area (TPSA) is 47.8 Å². The maximum absolute atomic E-state index is 5.34. The average molecular weight is 260 g/mol. The van der Waals surface area contributed by atoms with Crippen molar-refractivity contribution in [2.24, 2.45) is 7.05 Å². The molecule has 0 aliphatic carbocycles. The molecule has 0 amide bonds. The van der Waals surface area contributed by atoms with Gasteiger partial charge in [0.25, 0.3) is 0 Å². The van der Waals surface area contributed by atoms with Crippen molar-refractivity contribution in [3.8, 4) is 11.6 Å². The molecule has 2 aromatic heterocycles. The van der Waals surface area contributed by atoms with Crippen molar-refractivity contribution in [1.29, 1.82) is 0 Å². The molecule has 3 aromatic rings. The minimum Gasteiger partial charge on any atom is -0.497 e. The van der Waals surface area contributed by atoms with Crippen molar-refractivity contribution in [3.63, 3.8) is 0 Å². The molecule has 0 aliphatic heterocycles. The van der Waals surface area contributed by atoms with E-state index in [1.165, 1.54) is 0 Å². The molecular weight excluding hydrogens is 248 g/mol. The van der Waals surface area contributed by atoms with Crippen LogP contribution in [-0.2, 0) is 7.05 Å². The Kier molecular flexibility index (Phi) is 2.45. The van der Waals surface area contributed by atoms with E-state index in [1.54, 1.807) is 11.8 Å². The molecule has 0 saturated heterocycles. The number of fused-ring (bicyclic) bond motifs is 1. The Morgan fingerprint density at radius 3 is 2.83 bits per heavy atom. The zero-order valence-corrected chi connectivity index (χ0v) is 10.9. The third kappa shape index (κ3) is 1.62. The van der Waals surface area contributed by atoms with Gasteiger partial charge in [0.15, 0.2) is 10.6 Å². The maximum atomic E-state index is 5.34. The van der Waals surface area contributed by atoms with Crippen LogP contribution < -0.4 is 4.74 Å². The molecule has 0 radical (unpaired) electrons. The minimum atomic E-state index is 0.622. The number of aryl methyl sites for hydroxylation is 1. The van der Waals surface area contributed by atoms with Gasteiger partial charge < -0.3 is 9.72 Å². The van der Waals surface area contributed by atoms with Gasteiger partial charge in [-0.05, 0) is 24.4 Å². The van der Waals surface area contributed by atoms with E-state index in [-0.39, 0.29) is 0 Å². The molecule has 0 spiro atoms. The standard InChI is InChI=1S/C12H12N4OS/c1-15-6-5-11(14-15)16-10-7-8(17-2)3-4-9(10)13-12(16)18/h3-7H,1-2H3,(H,13,18). The molecule has 2 heterocycles. The van der Waals surface area contributed by atoms with Crippen LogP contribution in [0.3, 0.4) is 0 Å². The third-order valence-electron chi connectivity index (χ3n) is 2.82. The molecule has 92 valence electrons. The largest absolute Gasteiger partial charge is 0.497 e. The number of H-pyrrole nitrogens is 1. The van der Waals surface area contributed by atoms with Crippen LogP contribution in [0.2, 0.25) is 0 Å². The lowest BCUT2D eigenvalue weighted by molar-refractivity contribution is 0.415. The summed E-state index contributed by atoms with van der Waals surface area (Å²) in [5, 5.41) is 4.37. The third-order valence-corrected chi connectivity index (χ3v) is 3.10. The fraction of sp³-hybridized carbons (Fsp3) is 0.167. The Hall–Kier alpha value is -2.08. The van der Waals surface area contributed by atoms with E-state index in [0.717, 1.165) is 22.6 Å². The first-order valence-electron chi connectivity index (χ1n) is 5.48. The Bertz CT molecular complexity index is 768. The number of nitrogens with zero attached hydrogens (tertiary/aromatic N) is 3. The molecule has 0 fully saturated rings. The van der Waals surface area contributed by atoms with Gasteiger partial charge in [0.1, 0.15) is 5.75 Å². The highest BCUT2D eigenvalue weighted by Crippen LogP contribution is 2.23. The van der Waals surface area contributed by atoms with E-state index >= 15 is 0 Å². The SMILES string of the molecule is COc1ccc2[nH]c(=S)n(-c3ccn(C)n3)c2c1. The molecular formula is C12H12N4OS. The Labute approximate surface area is 109 Å². The van der Waals surface area contributed by atoms with Crippen LogP contribution in [0, 0.1) is 4.77 Å². The predicted octanol–water partition coefficient (Wildman–Crippen LogP) is 2.43. The second-order valence-electron chi connectivity index (χ2n) is 4.00. The second-order valence-corrected chi connectivity index (χ2v) is 4.38. The van der Waals surface area contributed by atoms with E-state index in [1.807, 2.05) is 42.1 Å². The van der Waals surface area contributed by atoms with Crippen molar-refractivity contribution >= 4 is 23.3 Å². The van der Waals surface area contributed by atoms with E-state index in [4.69, 9.17) is 17.0 Å². The summed E-state index contributed by atoms with van der Waals surface area (Å²) >= 11 is 5.34. The molecule has 6 heteroatoms. The molecule has 18 heavy (non-hydrogen) atoms. The first-order valence-corrected chi connectivity index (χ1v) is 5.88. The molecule has 1 N–H and O–H groups in total. The fourth-order valence-electron chi connectivity index (χ4n) is 1.96. The first-order chi connectivity index (χ1) is 8.69. The van der Waals surface area contributed by atoms with Gasteiger partial charge in [-0.2, -0.15) is 5.10 Å². The minimum absolute atomic E-state index is 0.622. The van der Waals surface area contributed by atoms with Crippen molar-refractivity contribution in [2.75, 3.05) is 7.11 Å². The van der Waals surface area contributed by atoms with Crippen molar-refractivity contribution < 1.29 is 4.74 Å². The predicted molar refractivity (Wildman–Crippen MR) is 71.8 cm³/mol. The summed E-state index contributed by atoms with van der Waals surface area (Å²) in [6.45, 7) is 0. The van der Waals surface area contributed by atoms with Gasteiger partial charge in [0, 0.05) is 25.4 Å². The van der Waals surface area contributed by atoms with Gasteiger partial charge in [-0.15, -0.1) is 0 Å². The maximum Gasteiger partial charge on any atom is 0.184 e. The van der Waals surface area contributed by atoms with Crippen LogP contribution in [-0.4, -0.2) is 26.4 Å². The lowest BCUT2D eigenvalue weighted by Crippen LogP contribution is -1.97. The number of hydrogen-bond donors (Lipinski definition) is 1. The summed E-state index contributed by atoms with van der Waals surface area (Å²) in [4.78, 5) is 3.16. The van der Waals surface area contributed by atoms with E-state index in [0.29, 0.717) is 4.77 Å². The normalized spacial score (nSPS) is 11.0. The molecule has 0 aliphatic rings. The summed E-state index contributed by atoms with van der Waals surface area (Å²) < 4.78 is 9.51. The van der Waals surface area contributed by atoms with E-state index in [2.05, 4.69) is 10.1 Å². The summed E-state index contributed by atoms with van der Waals surface area (Å²) in [7, 11) is 3.52. The number of aromatic amines is 1. The quantitative estimate of drug-likeness (QED) is 0.720. The number of methoxy groups -OCH3 is 1. The van der Waals surface area contributed by atoms with Crippen LogP contribution in [0.5, 0.6) is 5.75 Å². The van der Waals surface area contributed by atoms with Gasteiger partial charge in [0.05, 0.1) is 18.1 Å². The van der Waals surface area contributed by atoms with Crippen LogP contribution in [0.4, 0.5) is 0 Å². The molecule has 5 nitrogen and oxygen atoms in total. The number of imidazole rings is 1. The van der Waals surface area contributed by atoms with Gasteiger partial charge in [0.2, 0.25) is 0 Å². The molecule has 0 atom stereocenters. The van der Waals surface area contributed by atoms with Crippen LogP contribution >= 0.6 is 12.2 Å². The summed E-state index contributed by atoms with van der Waals surface area (Å²) in [6.07, 6.45) is 1.89. The molecule has 0 bridgehead atoms. The second kappa shape index (κ2) is 3.99. The van der Waals surface area contributed by atoms with Crippen molar-refractivity contribution in [2.45, 2.75) is 0 Å². The number of hydrogen-bond acceptors (Lipinski definition) is 3. The number of benzene rings is 1. The Balaban J connectivity index is 2.33. The molecule has 0 saturated carbocycles. The highest BCUT2D eigenvalue weighted by Gasteiger charge is 2.09. The van der Waals surface area contributed by atoms with Crippen LogP contribution in [0.1, 0.15) is 0 Å². The number of aromatic nitrogens is 4. The van der Waals surface area contributed by atoms with Crippen LogP contribution in [0.25, 0.3) is 16.9 Å². The zero-order chi connectivity index (χ0) is 12.7. The average Bonchev–Trinajstić information content (AvgIpc) is 2.90. The number of rotatable bonds is 2. The zero-order valence-electron chi connectivity index (χ0n) is 10.0. The Morgan fingerprint density at radius 1 is 1.33 bits per heavy atom. The van der Waals surface area contributed by atoms with Gasteiger partial charge in [-0.25, -0.2) is 0 Å². The number of ether oxygens (including phenoxy) is 1. The lowest BCUT2D eigenvalue weighted by Gasteiger charge is -2.02. The summed E-state index contributed by atoms with van der Waals surface area (Å²) in [5.74, 6) is 1.59. The van der Waals surface area contributed by atoms with E-state index in [9.17, 15) is 0 Å². The van der Waals surface area contributed by atoms with Crippen molar-refractivity contribution in [3.05, 3.63) is 35.2 Å². The smallest absolute Gasteiger partial charge is 0.184 e. The van der Waals surface area contributed by atoms with Gasteiger partial charge >= 0.3 is 0 Å². The molecule has 3 rings (SSSR count). The molecule has 0 unspecified atom stereocenters. The Morgan fingerprint density at radius 2 is 2.17 bits per heavy atom. The van der Waals surface area contributed by atoms with Gasteiger partial charge in [-0.3, -0.25) is 9.25 Å². The highest BCUT2D eigenvalue weighted by molar-refractivity contribution is 7.71. The summed E-state index contributed by atoms with van der Waals surface area (Å²) in [6, 6.07) is 7.71. The number of nitrogens with one attached hydrogen (secondary N) is 1. The molecule has 1 aromatic carbocycles. The van der Waals surface area contributed by atoms with E-state index < -0.39 is 0 Å². The lowest BCUT2D eigenvalue weighted by atomic mass is 10.3. The highest BCUT2D eigenvalue weighted by atomic mass is 32.1. The monoisotopic (exact) mass is 260 g/mol. The van der Waals surface area contributed by atoms with Crippen molar-refractivity contribution in [1.82, 2.24) is 19.3 Å². The first kappa shape index (κ1) is 11.0. The van der Waals surface area contributed by atoms with Gasteiger partial charge in [-0.1, -0.05) is 0 Å². The summed E-state index contributed by atoms with van der Waals surface area (Å²) in [5.41, 5.74) is 1.92.